The monoisotopic (exact) mass is 609 g/mol. The SMILES string of the molecule is CC(C)(C)OC(=O)C(NS(=O)(=O)NC(=O)c1cc(C(F)(F)F)cc(C(F)(F)F)c1)c1ccc(N2CCCCC2)cc1. The quantitative estimate of drug-likeness (QED) is 0.324. The van der Waals surface area contributed by atoms with Gasteiger partial charge in [0.15, 0.2) is 0 Å². The summed E-state index contributed by atoms with van der Waals surface area (Å²) in [6.45, 7) is 6.23. The van der Waals surface area contributed by atoms with Gasteiger partial charge in [-0.2, -0.15) is 39.5 Å². The first-order chi connectivity index (χ1) is 18.7. The number of nitrogens with one attached hydrogen (secondary N) is 2. The molecule has 226 valence electrons. The van der Waals surface area contributed by atoms with Crippen molar-refractivity contribution < 1.29 is 49.1 Å². The molecule has 0 aromatic heterocycles. The molecule has 2 aromatic rings. The lowest BCUT2D eigenvalue weighted by Gasteiger charge is -2.29. The third kappa shape index (κ3) is 9.08. The molecule has 1 unspecified atom stereocenters. The van der Waals surface area contributed by atoms with Gasteiger partial charge < -0.3 is 9.64 Å². The maximum atomic E-state index is 13.2. The molecular weight excluding hydrogens is 580 g/mol. The minimum absolute atomic E-state index is 0.0881. The van der Waals surface area contributed by atoms with E-state index in [1.165, 1.54) is 37.6 Å². The third-order valence-corrected chi connectivity index (χ3v) is 6.94. The van der Waals surface area contributed by atoms with E-state index in [1.54, 1.807) is 12.1 Å². The van der Waals surface area contributed by atoms with Gasteiger partial charge in [0.1, 0.15) is 11.6 Å². The van der Waals surface area contributed by atoms with Gasteiger partial charge in [-0.15, -0.1) is 0 Å². The second-order valence-corrected chi connectivity index (χ2v) is 11.9. The van der Waals surface area contributed by atoms with E-state index in [2.05, 4.69) is 4.90 Å². The number of hydrogen-bond donors (Lipinski definition) is 2. The second kappa shape index (κ2) is 11.9. The van der Waals surface area contributed by atoms with Crippen LogP contribution in [0.3, 0.4) is 0 Å². The summed E-state index contributed by atoms with van der Waals surface area (Å²) in [5.74, 6) is -2.84. The van der Waals surface area contributed by atoms with Gasteiger partial charge in [-0.1, -0.05) is 12.1 Å². The van der Waals surface area contributed by atoms with Crippen LogP contribution in [0, 0.1) is 0 Å². The lowest BCUT2D eigenvalue weighted by molar-refractivity contribution is -0.157. The molecule has 1 atom stereocenters. The molecule has 1 fully saturated rings. The zero-order chi connectivity index (χ0) is 30.8. The standard InChI is InChI=1S/C26H29F6N3O5S/c1-24(2,3)40-23(37)21(16-7-9-20(10-8-16)35-11-5-4-6-12-35)33-41(38,39)34-22(36)17-13-18(25(27,28)29)15-19(14-17)26(30,31)32/h7-10,13-15,21,33H,4-6,11-12H2,1-3H3,(H,34,36). The maximum Gasteiger partial charge on any atom is 0.416 e. The molecule has 1 aliphatic rings. The molecule has 15 heteroatoms. The van der Waals surface area contributed by atoms with Crippen molar-refractivity contribution in [2.45, 2.75) is 64.0 Å². The Labute approximate surface area is 233 Å². The van der Waals surface area contributed by atoms with Crippen LogP contribution < -0.4 is 14.3 Å². The zero-order valence-electron chi connectivity index (χ0n) is 22.3. The zero-order valence-corrected chi connectivity index (χ0v) is 23.1. The molecule has 1 saturated heterocycles. The van der Waals surface area contributed by atoms with Crippen LogP contribution in [0.2, 0.25) is 0 Å². The number of piperidine rings is 1. The summed E-state index contributed by atoms with van der Waals surface area (Å²) < 4.78 is 113. The van der Waals surface area contributed by atoms with E-state index in [4.69, 9.17) is 4.74 Å². The topological polar surface area (TPSA) is 105 Å². The van der Waals surface area contributed by atoms with Gasteiger partial charge >= 0.3 is 28.5 Å². The molecule has 3 rings (SSSR count). The van der Waals surface area contributed by atoms with Gasteiger partial charge in [0, 0.05) is 24.3 Å². The first-order valence-electron chi connectivity index (χ1n) is 12.5. The van der Waals surface area contributed by atoms with Gasteiger partial charge in [0.05, 0.1) is 11.1 Å². The first-order valence-corrected chi connectivity index (χ1v) is 14.0. The summed E-state index contributed by atoms with van der Waals surface area (Å²) in [6, 6.07) is 4.57. The Hall–Kier alpha value is -3.33. The fourth-order valence-electron chi connectivity index (χ4n) is 4.09. The largest absolute Gasteiger partial charge is 0.459 e. The van der Waals surface area contributed by atoms with E-state index in [-0.39, 0.29) is 23.8 Å². The number of amides is 1. The fraction of sp³-hybridized carbons (Fsp3) is 0.462. The number of anilines is 1. The van der Waals surface area contributed by atoms with Crippen LogP contribution in [0.1, 0.15) is 73.1 Å². The van der Waals surface area contributed by atoms with Crippen molar-refractivity contribution in [3.05, 3.63) is 64.7 Å². The van der Waals surface area contributed by atoms with Crippen molar-refractivity contribution in [2.75, 3.05) is 18.0 Å². The maximum absolute atomic E-state index is 13.2. The molecule has 1 aliphatic heterocycles. The summed E-state index contributed by atoms with van der Waals surface area (Å²) in [5.41, 5.74) is -4.92. The minimum Gasteiger partial charge on any atom is -0.459 e. The molecule has 2 aromatic carbocycles. The average Bonchev–Trinajstić information content (AvgIpc) is 2.85. The molecule has 0 bridgehead atoms. The number of halogens is 6. The number of hydrogen-bond acceptors (Lipinski definition) is 6. The Morgan fingerprint density at radius 3 is 1.83 bits per heavy atom. The Morgan fingerprint density at radius 1 is 0.854 bits per heavy atom. The first kappa shape index (κ1) is 32.2. The molecule has 0 saturated carbocycles. The lowest BCUT2D eigenvalue weighted by Crippen LogP contribution is -2.45. The number of benzene rings is 2. The van der Waals surface area contributed by atoms with E-state index in [0.29, 0.717) is 0 Å². The van der Waals surface area contributed by atoms with Crippen molar-refractivity contribution in [1.29, 1.82) is 0 Å². The van der Waals surface area contributed by atoms with Crippen LogP contribution >= 0.6 is 0 Å². The van der Waals surface area contributed by atoms with E-state index in [0.717, 1.165) is 38.0 Å². The van der Waals surface area contributed by atoms with Crippen LogP contribution in [0.5, 0.6) is 0 Å². The Kier molecular flexibility index (Phi) is 9.33. The van der Waals surface area contributed by atoms with E-state index >= 15 is 0 Å². The van der Waals surface area contributed by atoms with Gasteiger partial charge in [0.25, 0.3) is 5.91 Å². The van der Waals surface area contributed by atoms with E-state index < -0.39 is 62.8 Å². The molecule has 1 amide bonds. The summed E-state index contributed by atoms with van der Waals surface area (Å²) >= 11 is 0. The summed E-state index contributed by atoms with van der Waals surface area (Å²) in [4.78, 5) is 27.7. The lowest BCUT2D eigenvalue weighted by atomic mass is 10.0. The summed E-state index contributed by atoms with van der Waals surface area (Å²) in [5, 5.41) is 0. The van der Waals surface area contributed by atoms with Crippen LogP contribution in [0.4, 0.5) is 32.0 Å². The van der Waals surface area contributed by atoms with Crippen molar-refractivity contribution in [3.63, 3.8) is 0 Å². The highest BCUT2D eigenvalue weighted by atomic mass is 32.2. The number of carbonyl (C=O) groups is 2. The van der Waals surface area contributed by atoms with Crippen LogP contribution in [0.25, 0.3) is 0 Å². The molecule has 1 heterocycles. The van der Waals surface area contributed by atoms with Crippen molar-refractivity contribution in [3.8, 4) is 0 Å². The summed E-state index contributed by atoms with van der Waals surface area (Å²) in [6.07, 6.45) is -7.41. The highest BCUT2D eigenvalue weighted by Gasteiger charge is 2.38. The minimum atomic E-state index is -5.25. The Morgan fingerprint density at radius 2 is 1.37 bits per heavy atom. The van der Waals surface area contributed by atoms with Crippen molar-refractivity contribution in [1.82, 2.24) is 9.44 Å². The number of esters is 1. The van der Waals surface area contributed by atoms with Crippen molar-refractivity contribution >= 4 is 27.8 Å². The number of ether oxygens (including phenoxy) is 1. The highest BCUT2D eigenvalue weighted by Crippen LogP contribution is 2.36. The second-order valence-electron chi connectivity index (χ2n) is 10.5. The molecule has 0 aliphatic carbocycles. The molecule has 2 N–H and O–H groups in total. The van der Waals surface area contributed by atoms with Gasteiger partial charge in [-0.25, -0.2) is 9.52 Å². The third-order valence-electron chi connectivity index (χ3n) is 5.94. The van der Waals surface area contributed by atoms with Gasteiger partial charge in [0.2, 0.25) is 0 Å². The smallest absolute Gasteiger partial charge is 0.416 e. The van der Waals surface area contributed by atoms with Crippen LogP contribution in [0.15, 0.2) is 42.5 Å². The van der Waals surface area contributed by atoms with Crippen LogP contribution in [-0.4, -0.2) is 39.0 Å². The number of rotatable bonds is 7. The van der Waals surface area contributed by atoms with Gasteiger partial charge in [-0.3, -0.25) is 4.79 Å². The number of nitrogens with zero attached hydrogens (tertiary/aromatic N) is 1. The molecule has 0 radical (unpaired) electrons. The number of carbonyl (C=O) groups excluding carboxylic acids is 2. The fourth-order valence-corrected chi connectivity index (χ4v) is 5.06. The average molecular weight is 610 g/mol. The molecular formula is C26H29F6N3O5S. The normalized spacial score (nSPS) is 15.8. The van der Waals surface area contributed by atoms with Crippen molar-refractivity contribution in [2.24, 2.45) is 0 Å². The molecule has 0 spiro atoms. The number of alkyl halides is 6. The van der Waals surface area contributed by atoms with Crippen LogP contribution in [-0.2, 0) is 32.1 Å². The van der Waals surface area contributed by atoms with E-state index in [9.17, 15) is 44.3 Å². The Bertz CT molecular complexity index is 1330. The molecule has 41 heavy (non-hydrogen) atoms. The van der Waals surface area contributed by atoms with E-state index in [1.807, 2.05) is 4.72 Å². The highest BCUT2D eigenvalue weighted by molar-refractivity contribution is 7.88. The summed E-state index contributed by atoms with van der Waals surface area (Å²) in [7, 11) is -5.03. The predicted molar refractivity (Wildman–Crippen MR) is 137 cm³/mol. The molecule has 8 nitrogen and oxygen atoms in total. The van der Waals surface area contributed by atoms with Gasteiger partial charge in [-0.05, 0) is 75.9 Å². The Balaban J connectivity index is 1.90. The predicted octanol–water partition coefficient (Wildman–Crippen LogP) is 5.36.